The fourth-order valence-corrected chi connectivity index (χ4v) is 3.86. The Balaban J connectivity index is 1.84. The van der Waals surface area contributed by atoms with Gasteiger partial charge in [0.1, 0.15) is 0 Å². The number of aryl methyl sites for hydroxylation is 1. The van der Waals surface area contributed by atoms with Crippen LogP contribution in [-0.2, 0) is 11.2 Å². The van der Waals surface area contributed by atoms with Crippen LogP contribution in [0.1, 0.15) is 25.1 Å². The lowest BCUT2D eigenvalue weighted by molar-refractivity contribution is -0.132. The first-order valence-electron chi connectivity index (χ1n) is 6.31. The summed E-state index contributed by atoms with van der Waals surface area (Å²) in [6, 6.07) is 2.89. The molecule has 100 valence electrons. The zero-order valence-corrected chi connectivity index (χ0v) is 13.2. The topological polar surface area (TPSA) is 32.3 Å². The molecule has 1 aliphatic heterocycles. The van der Waals surface area contributed by atoms with Gasteiger partial charge >= 0.3 is 0 Å². The first-order chi connectivity index (χ1) is 8.54. The van der Waals surface area contributed by atoms with Gasteiger partial charge in [0.2, 0.25) is 5.91 Å². The Bertz CT molecular complexity index is 411. The molecule has 0 radical (unpaired) electrons. The Labute approximate surface area is 121 Å². The second kappa shape index (κ2) is 6.17. The van der Waals surface area contributed by atoms with Crippen molar-refractivity contribution < 1.29 is 4.79 Å². The molecule has 3 nitrogen and oxygen atoms in total. The minimum absolute atomic E-state index is 0.278. The molecule has 1 aromatic rings. The van der Waals surface area contributed by atoms with Crippen molar-refractivity contribution in [1.82, 2.24) is 10.2 Å². The average Bonchev–Trinajstić information content (AvgIpc) is 2.70. The Morgan fingerprint density at radius 1 is 1.50 bits per heavy atom. The zero-order valence-electron chi connectivity index (χ0n) is 10.8. The van der Waals surface area contributed by atoms with Crippen LogP contribution >= 0.6 is 27.3 Å². The number of hydrogen-bond donors (Lipinski definition) is 1. The van der Waals surface area contributed by atoms with Crippen LogP contribution < -0.4 is 5.32 Å². The molecule has 1 saturated heterocycles. The van der Waals surface area contributed by atoms with E-state index in [-0.39, 0.29) is 5.91 Å². The predicted octanol–water partition coefficient (Wildman–Crippen LogP) is 2.65. The zero-order chi connectivity index (χ0) is 13.1. The second-order valence-electron chi connectivity index (χ2n) is 5.00. The average molecular weight is 331 g/mol. The van der Waals surface area contributed by atoms with Crippen molar-refractivity contribution in [2.75, 3.05) is 13.1 Å². The summed E-state index contributed by atoms with van der Waals surface area (Å²) >= 11 is 5.15. The summed E-state index contributed by atoms with van der Waals surface area (Å²) in [4.78, 5) is 15.4. The largest absolute Gasteiger partial charge is 0.340 e. The number of carbonyl (C=O) groups excluding carboxylic acids is 1. The lowest BCUT2D eigenvalue weighted by Gasteiger charge is -2.36. The number of nitrogens with one attached hydrogen (secondary N) is 1. The van der Waals surface area contributed by atoms with Crippen LogP contribution in [0.4, 0.5) is 0 Å². The third-order valence-corrected chi connectivity index (χ3v) is 4.87. The highest BCUT2D eigenvalue weighted by Gasteiger charge is 2.24. The van der Waals surface area contributed by atoms with Crippen LogP contribution in [0.3, 0.4) is 0 Å². The van der Waals surface area contributed by atoms with Gasteiger partial charge in [0, 0.05) is 46.3 Å². The van der Waals surface area contributed by atoms with Crippen molar-refractivity contribution in [3.05, 3.63) is 20.8 Å². The lowest BCUT2D eigenvalue weighted by Crippen LogP contribution is -2.55. The third-order valence-electron chi connectivity index (χ3n) is 3.12. The number of thiophene rings is 1. The predicted molar refractivity (Wildman–Crippen MR) is 79.0 cm³/mol. The van der Waals surface area contributed by atoms with Gasteiger partial charge in [-0.3, -0.25) is 4.79 Å². The number of piperazine rings is 1. The van der Waals surface area contributed by atoms with Crippen molar-refractivity contribution in [2.45, 2.75) is 38.8 Å². The molecule has 1 aromatic heterocycles. The van der Waals surface area contributed by atoms with Crippen LogP contribution in [0.25, 0.3) is 0 Å². The van der Waals surface area contributed by atoms with Crippen molar-refractivity contribution in [3.63, 3.8) is 0 Å². The molecule has 18 heavy (non-hydrogen) atoms. The summed E-state index contributed by atoms with van der Waals surface area (Å²) in [7, 11) is 0. The molecule has 2 rings (SSSR count). The molecule has 0 saturated carbocycles. The Hall–Kier alpha value is -0.390. The van der Waals surface area contributed by atoms with E-state index in [0.717, 1.165) is 24.0 Å². The van der Waals surface area contributed by atoms with Crippen molar-refractivity contribution in [2.24, 2.45) is 0 Å². The first-order valence-corrected chi connectivity index (χ1v) is 7.98. The molecule has 0 aliphatic carbocycles. The number of rotatable bonds is 3. The molecule has 2 atom stereocenters. The van der Waals surface area contributed by atoms with E-state index in [4.69, 9.17) is 0 Å². The van der Waals surface area contributed by atoms with Crippen molar-refractivity contribution in [1.29, 1.82) is 0 Å². The van der Waals surface area contributed by atoms with Crippen LogP contribution in [0.2, 0.25) is 0 Å². The Kier molecular flexibility index (Phi) is 4.81. The molecule has 0 spiro atoms. The lowest BCUT2D eigenvalue weighted by atomic mass is 10.1. The number of carbonyl (C=O) groups is 1. The molecule has 2 heterocycles. The number of halogens is 1. The normalized spacial score (nSPS) is 24.3. The van der Waals surface area contributed by atoms with Crippen molar-refractivity contribution in [3.8, 4) is 0 Å². The minimum Gasteiger partial charge on any atom is -0.340 e. The smallest absolute Gasteiger partial charge is 0.223 e. The van der Waals surface area contributed by atoms with Crippen molar-refractivity contribution >= 4 is 33.2 Å². The maximum atomic E-state index is 12.2. The van der Waals surface area contributed by atoms with E-state index in [1.165, 1.54) is 4.88 Å². The van der Waals surface area contributed by atoms with Gasteiger partial charge in [-0.2, -0.15) is 0 Å². The Morgan fingerprint density at radius 3 is 2.72 bits per heavy atom. The molecule has 1 amide bonds. The van der Waals surface area contributed by atoms with E-state index in [1.54, 1.807) is 11.3 Å². The monoisotopic (exact) mass is 330 g/mol. The summed E-state index contributed by atoms with van der Waals surface area (Å²) in [6.07, 6.45) is 1.47. The summed E-state index contributed by atoms with van der Waals surface area (Å²) in [5, 5.41) is 5.51. The van der Waals surface area contributed by atoms with Gasteiger partial charge in [0.25, 0.3) is 0 Å². The summed E-state index contributed by atoms with van der Waals surface area (Å²) in [6.45, 7) is 5.92. The number of nitrogens with zero attached hydrogens (tertiary/aromatic N) is 1. The summed E-state index contributed by atoms with van der Waals surface area (Å²) < 4.78 is 1.11. The van der Waals surface area contributed by atoms with Gasteiger partial charge < -0.3 is 10.2 Å². The molecule has 1 aliphatic rings. The fourth-order valence-electron chi connectivity index (χ4n) is 2.40. The van der Waals surface area contributed by atoms with Gasteiger partial charge in [0.15, 0.2) is 0 Å². The highest BCUT2D eigenvalue weighted by molar-refractivity contribution is 9.10. The van der Waals surface area contributed by atoms with E-state index in [1.807, 2.05) is 4.90 Å². The van der Waals surface area contributed by atoms with Gasteiger partial charge in [-0.15, -0.1) is 11.3 Å². The molecule has 5 heteroatoms. The van der Waals surface area contributed by atoms with E-state index < -0.39 is 0 Å². The maximum Gasteiger partial charge on any atom is 0.223 e. The molecule has 1 N–H and O–H groups in total. The Morgan fingerprint density at radius 2 is 2.17 bits per heavy atom. The van der Waals surface area contributed by atoms with Gasteiger partial charge in [-0.25, -0.2) is 0 Å². The van der Waals surface area contributed by atoms with Crippen LogP contribution in [0.15, 0.2) is 15.9 Å². The first kappa shape index (κ1) is 14.0. The van der Waals surface area contributed by atoms with Crippen LogP contribution in [0.5, 0.6) is 0 Å². The van der Waals surface area contributed by atoms with Gasteiger partial charge in [-0.05, 0) is 42.3 Å². The third kappa shape index (κ3) is 3.80. The highest BCUT2D eigenvalue weighted by atomic mass is 79.9. The fraction of sp³-hybridized carbons (Fsp3) is 0.615. The van der Waals surface area contributed by atoms with Gasteiger partial charge in [-0.1, -0.05) is 0 Å². The molecule has 1 fully saturated rings. The highest BCUT2D eigenvalue weighted by Crippen LogP contribution is 2.21. The van der Waals surface area contributed by atoms with Crippen LogP contribution in [0, 0.1) is 0 Å². The number of hydrogen-bond acceptors (Lipinski definition) is 3. The summed E-state index contributed by atoms with van der Waals surface area (Å²) in [5.41, 5.74) is 0. The molecular weight excluding hydrogens is 312 g/mol. The van der Waals surface area contributed by atoms with Crippen LogP contribution in [-0.4, -0.2) is 36.0 Å². The maximum absolute atomic E-state index is 12.2. The standard InChI is InChI=1S/C13H19BrN2OS/c1-9-6-16(7-10(2)15-9)13(17)4-3-12-5-11(14)8-18-12/h5,8-10,15H,3-4,6-7H2,1-2H3/t9-,10-/m0/s1. The quantitative estimate of drug-likeness (QED) is 0.924. The van der Waals surface area contributed by atoms with E-state index in [2.05, 4.69) is 46.5 Å². The molecule has 0 unspecified atom stereocenters. The summed E-state index contributed by atoms with van der Waals surface area (Å²) in [5.74, 6) is 0.278. The SMILES string of the molecule is C[C@H]1CN(C(=O)CCc2cc(Br)cs2)C[C@H](C)N1. The molecular formula is C13H19BrN2OS. The second-order valence-corrected chi connectivity index (χ2v) is 6.91. The van der Waals surface area contributed by atoms with Gasteiger partial charge in [0.05, 0.1) is 0 Å². The molecule has 0 bridgehead atoms. The molecule has 0 aromatic carbocycles. The minimum atomic E-state index is 0.278. The van der Waals surface area contributed by atoms with E-state index >= 15 is 0 Å². The van der Waals surface area contributed by atoms with E-state index in [9.17, 15) is 4.79 Å². The van der Waals surface area contributed by atoms with E-state index in [0.29, 0.717) is 18.5 Å². The number of amides is 1.